The van der Waals surface area contributed by atoms with Crippen molar-refractivity contribution < 1.29 is 19.0 Å². The summed E-state index contributed by atoms with van der Waals surface area (Å²) < 4.78 is 15.7. The molecule has 0 saturated carbocycles. The molecule has 0 heterocycles. The third kappa shape index (κ3) is 11.7. The maximum absolute atomic E-state index is 11.2. The van der Waals surface area contributed by atoms with Crippen LogP contribution in [0.4, 0.5) is 4.79 Å². The first-order chi connectivity index (χ1) is 8.70. The lowest BCUT2D eigenvalue weighted by Crippen LogP contribution is -2.27. The lowest BCUT2D eigenvalue weighted by molar-refractivity contribution is -0.136. The maximum atomic E-state index is 11.2. The van der Waals surface area contributed by atoms with Gasteiger partial charge in [-0.3, -0.25) is 0 Å². The van der Waals surface area contributed by atoms with Gasteiger partial charge in [-0.2, -0.15) is 0 Å². The van der Waals surface area contributed by atoms with Crippen molar-refractivity contribution in [1.29, 1.82) is 0 Å². The molecule has 5 nitrogen and oxygen atoms in total. The van der Waals surface area contributed by atoms with Gasteiger partial charge >= 0.3 is 6.09 Å². The molecule has 0 aromatic rings. The van der Waals surface area contributed by atoms with Gasteiger partial charge in [0.25, 0.3) is 0 Å². The smallest absolute Gasteiger partial charge is 0.407 e. The summed E-state index contributed by atoms with van der Waals surface area (Å²) in [6, 6.07) is 0. The number of unbranched alkanes of at least 4 members (excludes halogenated alkanes) is 2. The van der Waals surface area contributed by atoms with Crippen molar-refractivity contribution >= 4 is 6.09 Å². The highest BCUT2D eigenvalue weighted by atomic mass is 16.7. The van der Waals surface area contributed by atoms with Crippen molar-refractivity contribution in [2.45, 2.75) is 52.7 Å². The third-order valence-electron chi connectivity index (χ3n) is 2.32. The van der Waals surface area contributed by atoms with Crippen molar-refractivity contribution in [3.05, 3.63) is 0 Å². The average molecular weight is 261 g/mol. The van der Waals surface area contributed by atoms with E-state index in [0.717, 1.165) is 25.7 Å². The zero-order chi connectivity index (χ0) is 13.6. The third-order valence-corrected chi connectivity index (χ3v) is 2.32. The molecule has 0 aromatic heterocycles. The number of ether oxygens (including phenoxy) is 3. The quantitative estimate of drug-likeness (QED) is 0.459. The summed E-state index contributed by atoms with van der Waals surface area (Å²) in [5, 5.41) is 2.67. The van der Waals surface area contributed by atoms with Gasteiger partial charge in [0.1, 0.15) is 6.61 Å². The van der Waals surface area contributed by atoms with Gasteiger partial charge in [0.2, 0.25) is 0 Å². The van der Waals surface area contributed by atoms with Crippen molar-refractivity contribution in [3.63, 3.8) is 0 Å². The first kappa shape index (κ1) is 17.2. The predicted octanol–water partition coefficient (Wildman–Crippen LogP) is 2.69. The fourth-order valence-electron chi connectivity index (χ4n) is 1.21. The number of alkyl carbamates (subject to hydrolysis) is 1. The molecule has 0 aromatic carbocycles. The second-order valence-corrected chi connectivity index (χ2v) is 4.08. The fourth-order valence-corrected chi connectivity index (χ4v) is 1.21. The second kappa shape index (κ2) is 12.6. The Bertz CT molecular complexity index is 199. The van der Waals surface area contributed by atoms with Crippen molar-refractivity contribution in [3.8, 4) is 0 Å². The molecule has 108 valence electrons. The monoisotopic (exact) mass is 261 g/mol. The lowest BCUT2D eigenvalue weighted by atomic mass is 10.3. The van der Waals surface area contributed by atoms with E-state index in [9.17, 15) is 4.79 Å². The van der Waals surface area contributed by atoms with Crippen LogP contribution in [-0.4, -0.2) is 38.7 Å². The maximum Gasteiger partial charge on any atom is 0.407 e. The zero-order valence-electron chi connectivity index (χ0n) is 11.9. The van der Waals surface area contributed by atoms with Crippen molar-refractivity contribution in [1.82, 2.24) is 5.32 Å². The molecule has 0 aliphatic carbocycles. The van der Waals surface area contributed by atoms with E-state index in [0.29, 0.717) is 19.8 Å². The van der Waals surface area contributed by atoms with E-state index in [1.54, 1.807) is 0 Å². The van der Waals surface area contributed by atoms with Crippen LogP contribution in [0.2, 0.25) is 0 Å². The van der Waals surface area contributed by atoms with Crippen LogP contribution in [-0.2, 0) is 14.2 Å². The van der Waals surface area contributed by atoms with E-state index in [1.165, 1.54) is 0 Å². The summed E-state index contributed by atoms with van der Waals surface area (Å²) in [5.74, 6) is 0. The molecule has 0 saturated heterocycles. The molecule has 1 atom stereocenters. The zero-order valence-corrected chi connectivity index (χ0v) is 11.9. The average Bonchev–Trinajstić information content (AvgIpc) is 2.35. The number of amides is 1. The van der Waals surface area contributed by atoms with Crippen LogP contribution >= 0.6 is 0 Å². The van der Waals surface area contributed by atoms with Crippen LogP contribution in [0.25, 0.3) is 0 Å². The SMILES string of the molecule is CCCCNC(=O)OCCOC(C)OCCCC. The molecule has 5 heteroatoms. The van der Waals surface area contributed by atoms with Crippen molar-refractivity contribution in [2.24, 2.45) is 0 Å². The molecular formula is C13H27NO4. The standard InChI is InChI=1S/C13H27NO4/c1-4-6-8-14-13(15)18-11-10-17-12(3)16-9-7-5-2/h12H,4-11H2,1-3H3,(H,14,15). The molecule has 0 bridgehead atoms. The Morgan fingerprint density at radius 3 is 2.39 bits per heavy atom. The van der Waals surface area contributed by atoms with Crippen LogP contribution in [0.5, 0.6) is 0 Å². The number of hydrogen-bond donors (Lipinski definition) is 1. The minimum atomic E-state index is -0.383. The van der Waals surface area contributed by atoms with E-state index >= 15 is 0 Å². The summed E-state index contributed by atoms with van der Waals surface area (Å²) in [6.07, 6.45) is 3.52. The summed E-state index contributed by atoms with van der Waals surface area (Å²) in [4.78, 5) is 11.2. The summed E-state index contributed by atoms with van der Waals surface area (Å²) in [5.41, 5.74) is 0. The topological polar surface area (TPSA) is 56.8 Å². The Hall–Kier alpha value is -0.810. The fraction of sp³-hybridized carbons (Fsp3) is 0.923. The molecule has 0 aliphatic rings. The second-order valence-electron chi connectivity index (χ2n) is 4.08. The van der Waals surface area contributed by atoms with Crippen LogP contribution < -0.4 is 5.32 Å². The molecule has 1 amide bonds. The van der Waals surface area contributed by atoms with Gasteiger partial charge < -0.3 is 19.5 Å². The molecule has 1 unspecified atom stereocenters. The minimum Gasteiger partial charge on any atom is -0.447 e. The summed E-state index contributed by atoms with van der Waals surface area (Å²) in [7, 11) is 0. The highest BCUT2D eigenvalue weighted by molar-refractivity contribution is 5.66. The normalized spacial score (nSPS) is 12.2. The first-order valence-electron chi connectivity index (χ1n) is 6.84. The summed E-state index contributed by atoms with van der Waals surface area (Å²) >= 11 is 0. The van der Waals surface area contributed by atoms with Crippen LogP contribution in [0, 0.1) is 0 Å². The lowest BCUT2D eigenvalue weighted by Gasteiger charge is -2.14. The molecule has 0 aliphatic heterocycles. The molecule has 18 heavy (non-hydrogen) atoms. The van der Waals surface area contributed by atoms with Crippen LogP contribution in [0.3, 0.4) is 0 Å². The number of rotatable bonds is 11. The number of carbonyl (C=O) groups excluding carboxylic acids is 1. The van der Waals surface area contributed by atoms with Crippen LogP contribution in [0.1, 0.15) is 46.5 Å². The largest absolute Gasteiger partial charge is 0.447 e. The minimum absolute atomic E-state index is 0.247. The van der Waals surface area contributed by atoms with Gasteiger partial charge in [0, 0.05) is 13.2 Å². The Labute approximate surface area is 110 Å². The predicted molar refractivity (Wildman–Crippen MR) is 70.5 cm³/mol. The molecule has 0 rings (SSSR count). The van der Waals surface area contributed by atoms with E-state index in [-0.39, 0.29) is 19.0 Å². The van der Waals surface area contributed by atoms with Gasteiger partial charge in [-0.05, 0) is 19.8 Å². The van der Waals surface area contributed by atoms with Gasteiger partial charge in [-0.1, -0.05) is 26.7 Å². The first-order valence-corrected chi connectivity index (χ1v) is 6.84. The molecule has 1 N–H and O–H groups in total. The number of carbonyl (C=O) groups is 1. The van der Waals surface area contributed by atoms with Gasteiger partial charge in [0.05, 0.1) is 6.61 Å². The molecular weight excluding hydrogens is 234 g/mol. The van der Waals surface area contributed by atoms with Gasteiger partial charge in [0.15, 0.2) is 6.29 Å². The van der Waals surface area contributed by atoms with Gasteiger partial charge in [-0.15, -0.1) is 0 Å². The van der Waals surface area contributed by atoms with E-state index in [4.69, 9.17) is 14.2 Å². The van der Waals surface area contributed by atoms with Crippen LogP contribution in [0.15, 0.2) is 0 Å². The highest BCUT2D eigenvalue weighted by Gasteiger charge is 2.03. The summed E-state index contributed by atoms with van der Waals surface area (Å²) in [6.45, 7) is 7.99. The van der Waals surface area contributed by atoms with E-state index in [1.807, 2.05) is 6.92 Å². The Kier molecular flexibility index (Phi) is 12.1. The Balaban J connectivity index is 3.29. The Morgan fingerprint density at radius 2 is 1.72 bits per heavy atom. The molecule has 0 spiro atoms. The Morgan fingerprint density at radius 1 is 1.06 bits per heavy atom. The van der Waals surface area contributed by atoms with E-state index < -0.39 is 0 Å². The van der Waals surface area contributed by atoms with E-state index in [2.05, 4.69) is 19.2 Å². The van der Waals surface area contributed by atoms with Gasteiger partial charge in [-0.25, -0.2) is 4.79 Å². The highest BCUT2D eigenvalue weighted by Crippen LogP contribution is 1.96. The molecule has 0 radical (unpaired) electrons. The molecule has 0 fully saturated rings. The number of hydrogen-bond acceptors (Lipinski definition) is 4. The van der Waals surface area contributed by atoms with Crippen molar-refractivity contribution in [2.75, 3.05) is 26.4 Å². The number of nitrogens with one attached hydrogen (secondary N) is 1.